The van der Waals surface area contributed by atoms with Gasteiger partial charge in [0.1, 0.15) is 5.76 Å². The average Bonchev–Trinajstić information content (AvgIpc) is 3.30. The number of furan rings is 1. The molecule has 1 aromatic heterocycles. The predicted molar refractivity (Wildman–Crippen MR) is 123 cm³/mol. The van der Waals surface area contributed by atoms with Crippen LogP contribution in [0.5, 0.6) is 0 Å². The first kappa shape index (κ1) is 23.3. The van der Waals surface area contributed by atoms with Gasteiger partial charge in [0.15, 0.2) is 6.61 Å². The molecule has 0 fully saturated rings. The van der Waals surface area contributed by atoms with Crippen LogP contribution >= 0.6 is 11.8 Å². The monoisotopic (exact) mass is 451 g/mol. The minimum Gasteiger partial charge on any atom is -0.467 e. The lowest BCUT2D eigenvalue weighted by atomic mass is 9.98. The van der Waals surface area contributed by atoms with E-state index in [1.165, 1.54) is 11.8 Å². The van der Waals surface area contributed by atoms with E-state index in [0.717, 1.165) is 16.7 Å². The molecule has 32 heavy (non-hydrogen) atoms. The second-order valence-electron chi connectivity index (χ2n) is 7.39. The van der Waals surface area contributed by atoms with Crippen LogP contribution in [0.4, 0.5) is 0 Å². The molecule has 0 atom stereocenters. The SMILES string of the molecule is Cc1cc(C)c(C(=O)COC(=O)c2ccccc2SCC(=O)NCc2ccco2)cc1C. The molecule has 7 heteroatoms. The lowest BCUT2D eigenvalue weighted by Crippen LogP contribution is -2.24. The number of thioether (sulfide) groups is 1. The number of ether oxygens (including phenoxy) is 1. The van der Waals surface area contributed by atoms with Crippen molar-refractivity contribution in [1.29, 1.82) is 0 Å². The number of hydrogen-bond acceptors (Lipinski definition) is 6. The van der Waals surface area contributed by atoms with Gasteiger partial charge in [0.2, 0.25) is 11.7 Å². The average molecular weight is 452 g/mol. The molecule has 2 aromatic carbocycles. The highest BCUT2D eigenvalue weighted by Crippen LogP contribution is 2.23. The van der Waals surface area contributed by atoms with Gasteiger partial charge in [0, 0.05) is 10.5 Å². The Morgan fingerprint density at radius 3 is 2.44 bits per heavy atom. The second kappa shape index (κ2) is 10.8. The summed E-state index contributed by atoms with van der Waals surface area (Å²) in [5, 5.41) is 2.76. The standard InChI is InChI=1S/C25H25NO5S/c1-16-11-18(3)21(12-17(16)2)22(27)14-31-25(29)20-8-4-5-9-23(20)32-15-24(28)26-13-19-7-6-10-30-19/h4-12H,13-15H2,1-3H3,(H,26,28). The molecule has 1 N–H and O–H groups in total. The molecule has 0 aliphatic heterocycles. The van der Waals surface area contributed by atoms with Gasteiger partial charge in [-0.1, -0.05) is 18.2 Å². The highest BCUT2D eigenvalue weighted by molar-refractivity contribution is 8.00. The van der Waals surface area contributed by atoms with Gasteiger partial charge in [-0.25, -0.2) is 4.79 Å². The molecule has 0 saturated heterocycles. The summed E-state index contributed by atoms with van der Waals surface area (Å²) < 4.78 is 10.5. The maximum absolute atomic E-state index is 12.6. The lowest BCUT2D eigenvalue weighted by molar-refractivity contribution is -0.118. The Kier molecular flexibility index (Phi) is 7.89. The first-order valence-corrected chi connectivity index (χ1v) is 11.1. The first-order valence-electron chi connectivity index (χ1n) is 10.1. The summed E-state index contributed by atoms with van der Waals surface area (Å²) in [6.07, 6.45) is 1.55. The topological polar surface area (TPSA) is 85.6 Å². The molecular formula is C25H25NO5S. The van der Waals surface area contributed by atoms with Crippen LogP contribution in [-0.2, 0) is 16.1 Å². The van der Waals surface area contributed by atoms with Crippen molar-refractivity contribution >= 4 is 29.4 Å². The number of amides is 1. The van der Waals surface area contributed by atoms with Crippen molar-refractivity contribution in [1.82, 2.24) is 5.32 Å². The number of aryl methyl sites for hydroxylation is 3. The van der Waals surface area contributed by atoms with E-state index in [9.17, 15) is 14.4 Å². The summed E-state index contributed by atoms with van der Waals surface area (Å²) in [5.41, 5.74) is 3.84. The molecule has 0 aliphatic rings. The molecule has 6 nitrogen and oxygen atoms in total. The molecule has 166 valence electrons. The van der Waals surface area contributed by atoms with Crippen molar-refractivity contribution < 1.29 is 23.5 Å². The van der Waals surface area contributed by atoms with Crippen molar-refractivity contribution in [3.05, 3.63) is 88.4 Å². The van der Waals surface area contributed by atoms with E-state index in [1.807, 2.05) is 32.9 Å². The third kappa shape index (κ3) is 6.11. The zero-order valence-electron chi connectivity index (χ0n) is 18.3. The Morgan fingerprint density at radius 2 is 1.69 bits per heavy atom. The second-order valence-corrected chi connectivity index (χ2v) is 8.41. The molecule has 0 radical (unpaired) electrons. The van der Waals surface area contributed by atoms with Gasteiger partial charge in [-0.15, -0.1) is 11.8 Å². The van der Waals surface area contributed by atoms with Gasteiger partial charge in [-0.05, 0) is 67.8 Å². The quantitative estimate of drug-likeness (QED) is 0.289. The summed E-state index contributed by atoms with van der Waals surface area (Å²) >= 11 is 1.23. The van der Waals surface area contributed by atoms with E-state index < -0.39 is 5.97 Å². The normalized spacial score (nSPS) is 10.6. The maximum Gasteiger partial charge on any atom is 0.339 e. The number of carbonyl (C=O) groups is 3. The Hall–Kier alpha value is -3.32. The van der Waals surface area contributed by atoms with Gasteiger partial charge in [-0.2, -0.15) is 0 Å². The maximum atomic E-state index is 12.6. The fourth-order valence-electron chi connectivity index (χ4n) is 3.10. The van der Waals surface area contributed by atoms with E-state index in [1.54, 1.807) is 42.7 Å². The van der Waals surface area contributed by atoms with Gasteiger partial charge >= 0.3 is 5.97 Å². The smallest absolute Gasteiger partial charge is 0.339 e. The Labute approximate surface area is 191 Å². The number of ketones is 1. The fourth-order valence-corrected chi connectivity index (χ4v) is 3.97. The number of rotatable bonds is 9. The van der Waals surface area contributed by atoms with Crippen LogP contribution < -0.4 is 5.32 Å². The van der Waals surface area contributed by atoms with Crippen molar-refractivity contribution in [2.75, 3.05) is 12.4 Å². The van der Waals surface area contributed by atoms with Crippen LogP contribution in [0.2, 0.25) is 0 Å². The van der Waals surface area contributed by atoms with Crippen LogP contribution in [0.15, 0.2) is 64.1 Å². The number of Topliss-reactive ketones (excluding diaryl/α,β-unsaturated/α-hetero) is 1. The Bertz CT molecular complexity index is 1120. The largest absolute Gasteiger partial charge is 0.467 e. The number of nitrogens with one attached hydrogen (secondary N) is 1. The highest BCUT2D eigenvalue weighted by atomic mass is 32.2. The van der Waals surface area contributed by atoms with Gasteiger partial charge in [0.25, 0.3) is 0 Å². The van der Waals surface area contributed by atoms with Crippen LogP contribution in [0.3, 0.4) is 0 Å². The van der Waals surface area contributed by atoms with E-state index >= 15 is 0 Å². The third-order valence-corrected chi connectivity index (χ3v) is 6.05. The first-order chi connectivity index (χ1) is 15.3. The molecule has 0 spiro atoms. The third-order valence-electron chi connectivity index (χ3n) is 4.98. The number of carbonyl (C=O) groups excluding carboxylic acids is 3. The summed E-state index contributed by atoms with van der Waals surface area (Å²) in [6.45, 7) is 5.75. The molecule has 0 saturated carbocycles. The molecular weight excluding hydrogens is 426 g/mol. The van der Waals surface area contributed by atoms with Crippen molar-refractivity contribution in [3.8, 4) is 0 Å². The minimum atomic E-state index is -0.598. The Morgan fingerprint density at radius 1 is 0.938 bits per heavy atom. The van der Waals surface area contributed by atoms with Crippen LogP contribution in [-0.4, -0.2) is 30.0 Å². The summed E-state index contributed by atoms with van der Waals surface area (Å²) in [6, 6.07) is 14.2. The van der Waals surface area contributed by atoms with Crippen LogP contribution in [0, 0.1) is 20.8 Å². The molecule has 0 unspecified atom stereocenters. The van der Waals surface area contributed by atoms with Crippen molar-refractivity contribution in [2.24, 2.45) is 0 Å². The van der Waals surface area contributed by atoms with E-state index in [0.29, 0.717) is 28.3 Å². The number of esters is 1. The zero-order chi connectivity index (χ0) is 23.1. The molecule has 0 aliphatic carbocycles. The van der Waals surface area contributed by atoms with Crippen LogP contribution in [0.1, 0.15) is 43.2 Å². The minimum absolute atomic E-state index is 0.131. The number of hydrogen-bond donors (Lipinski definition) is 1. The highest BCUT2D eigenvalue weighted by Gasteiger charge is 2.17. The lowest BCUT2D eigenvalue weighted by Gasteiger charge is -2.11. The fraction of sp³-hybridized carbons (Fsp3) is 0.240. The van der Waals surface area contributed by atoms with Crippen molar-refractivity contribution in [3.63, 3.8) is 0 Å². The molecule has 3 rings (SSSR count). The van der Waals surface area contributed by atoms with E-state index in [2.05, 4.69) is 5.32 Å². The van der Waals surface area contributed by atoms with E-state index in [-0.39, 0.29) is 24.1 Å². The summed E-state index contributed by atoms with van der Waals surface area (Å²) in [4.78, 5) is 37.9. The molecule has 3 aromatic rings. The van der Waals surface area contributed by atoms with E-state index in [4.69, 9.17) is 9.15 Å². The van der Waals surface area contributed by atoms with Gasteiger partial charge in [0.05, 0.1) is 24.1 Å². The summed E-state index contributed by atoms with van der Waals surface area (Å²) in [7, 11) is 0. The van der Waals surface area contributed by atoms with Gasteiger partial charge < -0.3 is 14.5 Å². The van der Waals surface area contributed by atoms with Crippen LogP contribution in [0.25, 0.3) is 0 Å². The van der Waals surface area contributed by atoms with Gasteiger partial charge in [-0.3, -0.25) is 9.59 Å². The summed E-state index contributed by atoms with van der Waals surface area (Å²) in [5.74, 6) is -0.238. The molecule has 0 bridgehead atoms. The number of benzene rings is 2. The molecule has 1 amide bonds. The predicted octanol–water partition coefficient (Wildman–Crippen LogP) is 4.65. The zero-order valence-corrected chi connectivity index (χ0v) is 19.1. The molecule has 1 heterocycles. The van der Waals surface area contributed by atoms with Crippen molar-refractivity contribution in [2.45, 2.75) is 32.2 Å². The Balaban J connectivity index is 1.57.